The molecule has 320 valence electrons. The van der Waals surface area contributed by atoms with Crippen LogP contribution in [0.4, 0.5) is 0 Å². The average molecular weight is 875 g/mol. The van der Waals surface area contributed by atoms with Gasteiger partial charge >= 0.3 is 0 Å². The minimum absolute atomic E-state index is 0.940. The minimum Gasteiger partial charge on any atom is -0.292 e. The molecule has 2 heteroatoms. The molecule has 14 aromatic rings. The van der Waals surface area contributed by atoms with Gasteiger partial charge in [0.2, 0.25) is 0 Å². The maximum Gasteiger partial charge on any atom is 0.145 e. The minimum atomic E-state index is 0.940. The van der Waals surface area contributed by atoms with Gasteiger partial charge in [-0.15, -0.1) is 0 Å². The maximum atomic E-state index is 5.12. The number of hydrogen-bond donors (Lipinski definition) is 0. The lowest BCUT2D eigenvalue weighted by Crippen LogP contribution is -1.97. The molecule has 0 bridgehead atoms. The predicted molar refractivity (Wildman–Crippen MR) is 293 cm³/mol. The zero-order valence-corrected chi connectivity index (χ0v) is 37.6. The molecule has 14 rings (SSSR count). The van der Waals surface area contributed by atoms with Crippen LogP contribution in [0.3, 0.4) is 0 Å². The maximum absolute atomic E-state index is 5.12. The summed E-state index contributed by atoms with van der Waals surface area (Å²) in [6.07, 6.45) is 0. The summed E-state index contributed by atoms with van der Waals surface area (Å²) in [6, 6.07) is 93.5. The van der Waals surface area contributed by atoms with Crippen molar-refractivity contribution in [2.24, 2.45) is 0 Å². The molecule has 0 aliphatic carbocycles. The number of para-hydroxylation sites is 3. The van der Waals surface area contributed by atoms with Gasteiger partial charge in [0.15, 0.2) is 0 Å². The molecule has 0 unspecified atom stereocenters. The molecule has 0 fully saturated rings. The molecule has 0 saturated heterocycles. The van der Waals surface area contributed by atoms with Crippen molar-refractivity contribution in [1.29, 1.82) is 0 Å². The van der Waals surface area contributed by atoms with Gasteiger partial charge in [-0.25, -0.2) is 4.98 Å². The molecule has 0 radical (unpaired) electrons. The Morgan fingerprint density at radius 3 is 1.22 bits per heavy atom. The largest absolute Gasteiger partial charge is 0.292 e. The van der Waals surface area contributed by atoms with E-state index in [9.17, 15) is 0 Å². The summed E-state index contributed by atoms with van der Waals surface area (Å²) >= 11 is 0. The van der Waals surface area contributed by atoms with E-state index in [-0.39, 0.29) is 0 Å². The highest BCUT2D eigenvalue weighted by Gasteiger charge is 2.19. The number of fused-ring (bicyclic) bond motifs is 7. The van der Waals surface area contributed by atoms with Crippen molar-refractivity contribution in [3.63, 3.8) is 0 Å². The quantitative estimate of drug-likeness (QED) is 0.152. The number of rotatable bonds is 6. The first-order chi connectivity index (χ1) is 34.2. The van der Waals surface area contributed by atoms with Crippen molar-refractivity contribution >= 4 is 75.7 Å². The molecule has 0 N–H and O–H groups in total. The third-order valence-electron chi connectivity index (χ3n) is 14.3. The first-order valence-corrected chi connectivity index (χ1v) is 23.8. The van der Waals surface area contributed by atoms with E-state index in [1.165, 1.54) is 109 Å². The lowest BCUT2D eigenvalue weighted by atomic mass is 9.84. The van der Waals surface area contributed by atoms with E-state index in [1.54, 1.807) is 0 Å². The monoisotopic (exact) mass is 874 g/mol. The third-order valence-corrected chi connectivity index (χ3v) is 14.3. The van der Waals surface area contributed by atoms with Crippen molar-refractivity contribution < 1.29 is 0 Å². The van der Waals surface area contributed by atoms with E-state index in [0.29, 0.717) is 0 Å². The molecular weight excluding hydrogens is 833 g/mol. The first kappa shape index (κ1) is 39.1. The van der Waals surface area contributed by atoms with Crippen LogP contribution in [0.1, 0.15) is 0 Å². The van der Waals surface area contributed by atoms with Crippen LogP contribution >= 0.6 is 0 Å². The summed E-state index contributed by atoms with van der Waals surface area (Å²) in [5.74, 6) is 0.940. The van der Waals surface area contributed by atoms with Gasteiger partial charge in [-0.05, 0) is 176 Å². The zero-order valence-electron chi connectivity index (χ0n) is 37.6. The highest BCUT2D eigenvalue weighted by atomic mass is 15.1. The molecule has 2 nitrogen and oxygen atoms in total. The molecule has 0 saturated carbocycles. The van der Waals surface area contributed by atoms with Crippen molar-refractivity contribution in [2.45, 2.75) is 0 Å². The number of aromatic nitrogens is 2. The molecule has 0 atom stereocenters. The number of imidazole rings is 1. The topological polar surface area (TPSA) is 17.8 Å². The van der Waals surface area contributed by atoms with Crippen LogP contribution < -0.4 is 0 Å². The number of benzene rings is 13. The van der Waals surface area contributed by atoms with Crippen molar-refractivity contribution in [3.05, 3.63) is 255 Å². The standard InChI is InChI=1S/C67H42N2/c1-2-16-58(17-3-1)69-64-21-11-10-20-63(64)68-67(69)57-33-30-51-37-49(27-29-53(51)41-57)47-24-25-50-38-52(28-26-48(50)36-47)54-34-35-61-62(42-54)66(56-32-23-44-13-5-7-15-46(44)40-56)60-19-9-8-18-59(60)65(61)55-31-22-43-12-4-6-14-45(43)39-55/h1-42H. The second-order valence-electron chi connectivity index (χ2n) is 18.3. The summed E-state index contributed by atoms with van der Waals surface area (Å²) in [7, 11) is 0. The van der Waals surface area contributed by atoms with Crippen LogP contribution in [0.2, 0.25) is 0 Å². The fraction of sp³-hybridized carbons (Fsp3) is 0. The fourth-order valence-corrected chi connectivity index (χ4v) is 10.9. The van der Waals surface area contributed by atoms with Gasteiger partial charge in [0.05, 0.1) is 11.0 Å². The second-order valence-corrected chi connectivity index (χ2v) is 18.3. The summed E-state index contributed by atoms with van der Waals surface area (Å²) in [5.41, 5.74) is 14.1. The molecule has 69 heavy (non-hydrogen) atoms. The van der Waals surface area contributed by atoms with E-state index < -0.39 is 0 Å². The van der Waals surface area contributed by atoms with Crippen LogP contribution in [0.5, 0.6) is 0 Å². The van der Waals surface area contributed by atoms with Crippen LogP contribution in [-0.4, -0.2) is 9.55 Å². The Hall–Kier alpha value is -9.11. The molecule has 0 aliphatic heterocycles. The average Bonchev–Trinajstić information content (AvgIpc) is 3.81. The molecule has 1 heterocycles. The van der Waals surface area contributed by atoms with Gasteiger partial charge < -0.3 is 0 Å². The van der Waals surface area contributed by atoms with Gasteiger partial charge in [0.1, 0.15) is 5.82 Å². The Labute approximate surface area is 399 Å². The first-order valence-electron chi connectivity index (χ1n) is 23.8. The van der Waals surface area contributed by atoms with Crippen molar-refractivity contribution in [2.75, 3.05) is 0 Å². The Balaban J connectivity index is 0.856. The van der Waals surface area contributed by atoms with Crippen molar-refractivity contribution in [1.82, 2.24) is 9.55 Å². The van der Waals surface area contributed by atoms with Crippen LogP contribution in [-0.2, 0) is 0 Å². The Bertz CT molecular complexity index is 4370. The number of hydrogen-bond acceptors (Lipinski definition) is 1. The van der Waals surface area contributed by atoms with E-state index in [1.807, 2.05) is 0 Å². The summed E-state index contributed by atoms with van der Waals surface area (Å²) < 4.78 is 2.26. The lowest BCUT2D eigenvalue weighted by Gasteiger charge is -2.19. The third kappa shape index (κ3) is 6.60. The Morgan fingerprint density at radius 2 is 0.623 bits per heavy atom. The van der Waals surface area contributed by atoms with Gasteiger partial charge in [0.25, 0.3) is 0 Å². The van der Waals surface area contributed by atoms with Crippen LogP contribution in [0.15, 0.2) is 255 Å². The molecule has 0 spiro atoms. The predicted octanol–water partition coefficient (Wildman–Crippen LogP) is 18.3. The van der Waals surface area contributed by atoms with Gasteiger partial charge in [-0.3, -0.25) is 4.57 Å². The lowest BCUT2D eigenvalue weighted by molar-refractivity contribution is 1.10. The summed E-state index contributed by atoms with van der Waals surface area (Å²) in [6.45, 7) is 0. The zero-order chi connectivity index (χ0) is 45.4. The molecule has 0 amide bonds. The highest BCUT2D eigenvalue weighted by molar-refractivity contribution is 6.22. The van der Waals surface area contributed by atoms with E-state index in [0.717, 1.165) is 28.1 Å². The molecule has 13 aromatic carbocycles. The summed E-state index contributed by atoms with van der Waals surface area (Å²) in [4.78, 5) is 5.12. The summed E-state index contributed by atoms with van der Waals surface area (Å²) in [5, 5.41) is 14.8. The fourth-order valence-electron chi connectivity index (χ4n) is 10.9. The van der Waals surface area contributed by atoms with Gasteiger partial charge in [0, 0.05) is 11.3 Å². The normalized spacial score (nSPS) is 11.8. The molecule has 0 aliphatic rings. The molecule has 1 aromatic heterocycles. The number of nitrogens with zero attached hydrogens (tertiary/aromatic N) is 2. The van der Waals surface area contributed by atoms with E-state index in [2.05, 4.69) is 259 Å². The van der Waals surface area contributed by atoms with E-state index in [4.69, 9.17) is 4.98 Å². The molecular formula is C67H42N2. The van der Waals surface area contributed by atoms with Gasteiger partial charge in [-0.2, -0.15) is 0 Å². The Kier molecular flexibility index (Phi) is 8.93. The Morgan fingerprint density at radius 1 is 0.246 bits per heavy atom. The van der Waals surface area contributed by atoms with Crippen LogP contribution in [0, 0.1) is 0 Å². The SMILES string of the molecule is c1ccc(-n2c(-c3ccc4cc(-c5ccc6cc(-c7ccc8c(-c9ccc%10ccccc%10c9)c9ccccc9c(-c9ccc%10ccccc%10c9)c8c7)ccc6c5)ccc4c3)nc3ccccc32)cc1. The smallest absolute Gasteiger partial charge is 0.145 e. The van der Waals surface area contributed by atoms with Gasteiger partial charge in [-0.1, -0.05) is 188 Å². The van der Waals surface area contributed by atoms with E-state index >= 15 is 0 Å². The second kappa shape index (κ2) is 15.8. The highest BCUT2D eigenvalue weighted by Crippen LogP contribution is 2.46. The van der Waals surface area contributed by atoms with Crippen LogP contribution in [0.25, 0.3) is 137 Å². The van der Waals surface area contributed by atoms with Crippen molar-refractivity contribution in [3.8, 4) is 61.6 Å².